The van der Waals surface area contributed by atoms with E-state index in [2.05, 4.69) is 4.90 Å². The van der Waals surface area contributed by atoms with E-state index in [9.17, 15) is 5.11 Å². The lowest BCUT2D eigenvalue weighted by Crippen LogP contribution is -2.26. The van der Waals surface area contributed by atoms with E-state index in [4.69, 9.17) is 5.11 Å². The second kappa shape index (κ2) is 5.73. The van der Waals surface area contributed by atoms with Gasteiger partial charge >= 0.3 is 0 Å². The van der Waals surface area contributed by atoms with E-state index < -0.39 is 6.10 Å². The van der Waals surface area contributed by atoms with Crippen molar-refractivity contribution in [3.63, 3.8) is 0 Å². The van der Waals surface area contributed by atoms with Crippen LogP contribution >= 0.6 is 0 Å². The maximum Gasteiger partial charge on any atom is 0.0762 e. The summed E-state index contributed by atoms with van der Waals surface area (Å²) in [4.78, 5) is 2.08. The highest BCUT2D eigenvalue weighted by Crippen LogP contribution is 2.20. The van der Waals surface area contributed by atoms with Crippen LogP contribution in [0.4, 0.5) is 5.69 Å². The molecule has 0 aliphatic heterocycles. The Kier molecular flexibility index (Phi) is 4.59. The fourth-order valence-electron chi connectivity index (χ4n) is 1.57. The highest BCUT2D eigenvalue weighted by molar-refractivity contribution is 5.48. The van der Waals surface area contributed by atoms with Crippen LogP contribution in [0.1, 0.15) is 25.5 Å². The fourth-order valence-corrected chi connectivity index (χ4v) is 1.57. The lowest BCUT2D eigenvalue weighted by Gasteiger charge is -2.22. The maximum atomic E-state index is 9.46. The Hall–Kier alpha value is -1.06. The molecule has 0 saturated heterocycles. The van der Waals surface area contributed by atoms with Crippen LogP contribution in [-0.4, -0.2) is 29.9 Å². The van der Waals surface area contributed by atoms with Crippen LogP contribution in [0.25, 0.3) is 0 Å². The first-order valence-corrected chi connectivity index (χ1v) is 5.32. The molecule has 0 fully saturated rings. The van der Waals surface area contributed by atoms with Gasteiger partial charge < -0.3 is 15.1 Å². The molecule has 0 saturated carbocycles. The van der Waals surface area contributed by atoms with Gasteiger partial charge in [-0.15, -0.1) is 0 Å². The number of rotatable bonds is 5. The summed E-state index contributed by atoms with van der Waals surface area (Å²) in [6, 6.07) is 7.78. The van der Waals surface area contributed by atoms with Crippen molar-refractivity contribution in [3.05, 3.63) is 29.8 Å². The van der Waals surface area contributed by atoms with E-state index in [-0.39, 0.29) is 6.61 Å². The van der Waals surface area contributed by atoms with E-state index in [0.29, 0.717) is 6.54 Å². The molecule has 1 unspecified atom stereocenters. The van der Waals surface area contributed by atoms with Crippen molar-refractivity contribution in [1.29, 1.82) is 0 Å². The highest BCUT2D eigenvalue weighted by atomic mass is 16.3. The molecule has 0 heterocycles. The predicted octanol–water partition coefficient (Wildman–Crippen LogP) is 1.56. The molecule has 0 bridgehead atoms. The number of aliphatic hydroxyl groups is 2. The van der Waals surface area contributed by atoms with Gasteiger partial charge in [0.05, 0.1) is 12.7 Å². The van der Waals surface area contributed by atoms with Gasteiger partial charge in [0.15, 0.2) is 0 Å². The number of nitrogens with zero attached hydrogens (tertiary/aromatic N) is 1. The molecule has 0 aliphatic rings. The van der Waals surface area contributed by atoms with E-state index in [0.717, 1.165) is 17.8 Å². The first kappa shape index (κ1) is 12.0. The Balaban J connectivity index is 2.87. The quantitative estimate of drug-likeness (QED) is 0.773. The van der Waals surface area contributed by atoms with Gasteiger partial charge in [0.2, 0.25) is 0 Å². The van der Waals surface area contributed by atoms with Crippen LogP contribution in [0.3, 0.4) is 0 Å². The molecule has 0 spiro atoms. The summed E-state index contributed by atoms with van der Waals surface area (Å²) >= 11 is 0. The molecule has 84 valence electrons. The van der Waals surface area contributed by atoms with Crippen LogP contribution in [0.5, 0.6) is 0 Å². The van der Waals surface area contributed by atoms with Crippen molar-refractivity contribution >= 4 is 5.69 Å². The highest BCUT2D eigenvalue weighted by Gasteiger charge is 2.06. The minimum atomic E-state index is -0.446. The zero-order valence-corrected chi connectivity index (χ0v) is 9.35. The third-order valence-electron chi connectivity index (χ3n) is 2.47. The van der Waals surface area contributed by atoms with Crippen LogP contribution in [-0.2, 0) is 0 Å². The van der Waals surface area contributed by atoms with Gasteiger partial charge in [-0.05, 0) is 31.5 Å². The predicted molar refractivity (Wildman–Crippen MR) is 62.0 cm³/mol. The van der Waals surface area contributed by atoms with Crippen molar-refractivity contribution in [2.75, 3.05) is 24.6 Å². The smallest absolute Gasteiger partial charge is 0.0762 e. The van der Waals surface area contributed by atoms with E-state index in [1.807, 2.05) is 31.2 Å². The minimum absolute atomic E-state index is 0.146. The van der Waals surface area contributed by atoms with Gasteiger partial charge in [0.25, 0.3) is 0 Å². The maximum absolute atomic E-state index is 9.46. The summed E-state index contributed by atoms with van der Waals surface area (Å²) in [7, 11) is 0. The van der Waals surface area contributed by atoms with Gasteiger partial charge in [-0.2, -0.15) is 0 Å². The Morgan fingerprint density at radius 3 is 2.67 bits per heavy atom. The largest absolute Gasteiger partial charge is 0.395 e. The van der Waals surface area contributed by atoms with Crippen molar-refractivity contribution in [2.24, 2.45) is 0 Å². The summed E-state index contributed by atoms with van der Waals surface area (Å²) < 4.78 is 0. The van der Waals surface area contributed by atoms with Crippen molar-refractivity contribution in [3.8, 4) is 0 Å². The van der Waals surface area contributed by atoms with Crippen LogP contribution < -0.4 is 4.90 Å². The molecule has 3 nitrogen and oxygen atoms in total. The molecule has 1 rings (SSSR count). The summed E-state index contributed by atoms with van der Waals surface area (Å²) in [6.07, 6.45) is -0.446. The zero-order chi connectivity index (χ0) is 11.3. The Morgan fingerprint density at radius 1 is 1.40 bits per heavy atom. The average molecular weight is 209 g/mol. The Morgan fingerprint density at radius 2 is 2.13 bits per heavy atom. The summed E-state index contributed by atoms with van der Waals surface area (Å²) in [6.45, 7) is 5.42. The van der Waals surface area contributed by atoms with E-state index in [1.165, 1.54) is 0 Å². The molecular weight excluding hydrogens is 190 g/mol. The molecule has 0 aromatic heterocycles. The third kappa shape index (κ3) is 3.22. The number of hydrogen-bond donors (Lipinski definition) is 2. The number of hydrogen-bond acceptors (Lipinski definition) is 3. The van der Waals surface area contributed by atoms with Crippen LogP contribution in [0, 0.1) is 0 Å². The number of benzene rings is 1. The molecule has 3 heteroatoms. The lowest BCUT2D eigenvalue weighted by molar-refractivity contribution is 0.199. The second-order valence-electron chi connectivity index (χ2n) is 3.57. The van der Waals surface area contributed by atoms with E-state index >= 15 is 0 Å². The van der Waals surface area contributed by atoms with Crippen molar-refractivity contribution in [2.45, 2.75) is 20.0 Å². The monoisotopic (exact) mass is 209 g/mol. The van der Waals surface area contributed by atoms with Gasteiger partial charge in [0, 0.05) is 18.8 Å². The SMILES string of the molecule is CCN(CCO)c1cccc(C(C)O)c1. The number of likely N-dealkylation sites (N-methyl/N-ethyl adjacent to an activating group) is 1. The topological polar surface area (TPSA) is 43.7 Å². The van der Waals surface area contributed by atoms with Gasteiger partial charge in [-0.3, -0.25) is 0 Å². The van der Waals surface area contributed by atoms with E-state index in [1.54, 1.807) is 6.92 Å². The fraction of sp³-hybridized carbons (Fsp3) is 0.500. The lowest BCUT2D eigenvalue weighted by atomic mass is 10.1. The van der Waals surface area contributed by atoms with Crippen LogP contribution in [0.2, 0.25) is 0 Å². The first-order valence-electron chi connectivity index (χ1n) is 5.32. The van der Waals surface area contributed by atoms with Gasteiger partial charge in [-0.25, -0.2) is 0 Å². The zero-order valence-electron chi connectivity index (χ0n) is 9.35. The molecule has 1 atom stereocenters. The molecule has 0 aliphatic carbocycles. The molecule has 0 amide bonds. The van der Waals surface area contributed by atoms with Crippen molar-refractivity contribution in [1.82, 2.24) is 0 Å². The normalized spacial score (nSPS) is 12.5. The second-order valence-corrected chi connectivity index (χ2v) is 3.57. The standard InChI is InChI=1S/C12H19NO2/c1-3-13(7-8-14)12-6-4-5-11(9-12)10(2)15/h4-6,9-10,14-15H,3,7-8H2,1-2H3. The summed E-state index contributed by atoms with van der Waals surface area (Å²) in [5.74, 6) is 0. The summed E-state index contributed by atoms with van der Waals surface area (Å²) in [5, 5.41) is 18.4. The molecule has 2 N–H and O–H groups in total. The summed E-state index contributed by atoms with van der Waals surface area (Å²) in [5.41, 5.74) is 1.95. The molecule has 1 aromatic carbocycles. The molecule has 0 radical (unpaired) electrons. The molecular formula is C12H19NO2. The van der Waals surface area contributed by atoms with Gasteiger partial charge in [0.1, 0.15) is 0 Å². The number of anilines is 1. The Bertz CT molecular complexity index is 299. The number of aliphatic hydroxyl groups excluding tert-OH is 2. The molecule has 15 heavy (non-hydrogen) atoms. The third-order valence-corrected chi connectivity index (χ3v) is 2.47. The molecule has 1 aromatic rings. The van der Waals surface area contributed by atoms with Gasteiger partial charge in [-0.1, -0.05) is 12.1 Å². The average Bonchev–Trinajstić information content (AvgIpc) is 2.26. The van der Waals surface area contributed by atoms with Crippen LogP contribution in [0.15, 0.2) is 24.3 Å². The first-order chi connectivity index (χ1) is 7.19. The van der Waals surface area contributed by atoms with Crippen molar-refractivity contribution < 1.29 is 10.2 Å². The Labute approximate surface area is 91.0 Å². The minimum Gasteiger partial charge on any atom is -0.395 e.